The van der Waals surface area contributed by atoms with Crippen LogP contribution < -0.4 is 0 Å². The van der Waals surface area contributed by atoms with E-state index in [0.29, 0.717) is 0 Å². The van der Waals surface area contributed by atoms with Gasteiger partial charge < -0.3 is 0 Å². The molecule has 0 aliphatic heterocycles. The van der Waals surface area contributed by atoms with Gasteiger partial charge in [0.15, 0.2) is 0 Å². The molecule has 1 heteroatoms. The Hall–Kier alpha value is -3.97. The fourth-order valence-electron chi connectivity index (χ4n) is 5.23. The van der Waals surface area contributed by atoms with E-state index in [1.807, 2.05) is 6.20 Å². The number of rotatable bonds is 2. The van der Waals surface area contributed by atoms with Gasteiger partial charge in [0, 0.05) is 17.1 Å². The predicted molar refractivity (Wildman–Crippen MR) is 142 cm³/mol. The minimum atomic E-state index is 1.05. The average molecular weight is 424 g/mol. The van der Waals surface area contributed by atoms with Crippen LogP contribution in [0.2, 0.25) is 0 Å². The van der Waals surface area contributed by atoms with Crippen LogP contribution in [0.3, 0.4) is 0 Å². The lowest BCUT2D eigenvalue weighted by Gasteiger charge is -2.16. The fraction of sp³-hybridized carbons (Fsp3) is 0.0938. The fourth-order valence-corrected chi connectivity index (χ4v) is 5.23. The molecule has 0 bridgehead atoms. The molecule has 0 unspecified atom stereocenters. The number of hydrogen-bond donors (Lipinski definition) is 0. The van der Waals surface area contributed by atoms with Gasteiger partial charge in [-0.15, -0.1) is 0 Å². The number of nitrogens with zero attached hydrogens (tertiary/aromatic N) is 1. The van der Waals surface area contributed by atoms with Crippen molar-refractivity contribution in [2.45, 2.75) is 20.8 Å². The van der Waals surface area contributed by atoms with E-state index in [0.717, 1.165) is 5.69 Å². The maximum Gasteiger partial charge on any atom is 0.0786 e. The number of hydrogen-bond acceptors (Lipinski definition) is 1. The standard InChI is InChI=1S/C32H25N/c1-20-9-11-27-24(16-20)10-12-28-30-25(19-29(31(27)28)23-7-5-4-6-8-23)13-14-33-32(30)26-17-21(2)15-22(3)18-26/h4-19H,1-3H3. The first-order chi connectivity index (χ1) is 16.1. The lowest BCUT2D eigenvalue weighted by Crippen LogP contribution is -1.92. The number of benzene rings is 5. The molecule has 0 amide bonds. The Morgan fingerprint density at radius 1 is 0.515 bits per heavy atom. The second-order valence-electron chi connectivity index (χ2n) is 9.14. The van der Waals surface area contributed by atoms with Gasteiger partial charge in [0.2, 0.25) is 0 Å². The summed E-state index contributed by atoms with van der Waals surface area (Å²) in [4.78, 5) is 4.91. The SMILES string of the molecule is Cc1cc(C)cc(-c2nccc3cc(-c4ccccc4)c4c5ccc(C)cc5ccc4c23)c1. The number of pyridine rings is 1. The van der Waals surface area contributed by atoms with E-state index < -0.39 is 0 Å². The number of fused-ring (bicyclic) bond motifs is 5. The quantitative estimate of drug-likeness (QED) is 0.254. The highest BCUT2D eigenvalue weighted by Gasteiger charge is 2.16. The highest BCUT2D eigenvalue weighted by atomic mass is 14.7. The third-order valence-electron chi connectivity index (χ3n) is 6.58. The smallest absolute Gasteiger partial charge is 0.0786 e. The first-order valence-electron chi connectivity index (χ1n) is 11.5. The third-order valence-corrected chi connectivity index (χ3v) is 6.58. The van der Waals surface area contributed by atoms with Crippen molar-refractivity contribution in [2.75, 3.05) is 0 Å². The predicted octanol–water partition coefficient (Wildman–Crippen LogP) is 8.80. The Morgan fingerprint density at radius 2 is 1.27 bits per heavy atom. The van der Waals surface area contributed by atoms with Crippen LogP contribution >= 0.6 is 0 Å². The van der Waals surface area contributed by atoms with Crippen LogP contribution in [0.15, 0.2) is 97.2 Å². The molecule has 0 N–H and O–H groups in total. The number of aromatic nitrogens is 1. The van der Waals surface area contributed by atoms with Gasteiger partial charge in [0.05, 0.1) is 5.69 Å². The van der Waals surface area contributed by atoms with Crippen molar-refractivity contribution < 1.29 is 0 Å². The van der Waals surface area contributed by atoms with Gasteiger partial charge in [-0.3, -0.25) is 4.98 Å². The molecule has 6 aromatic rings. The topological polar surface area (TPSA) is 12.9 Å². The van der Waals surface area contributed by atoms with Crippen molar-refractivity contribution in [3.63, 3.8) is 0 Å². The van der Waals surface area contributed by atoms with Crippen molar-refractivity contribution in [2.24, 2.45) is 0 Å². The van der Waals surface area contributed by atoms with Crippen molar-refractivity contribution in [1.82, 2.24) is 4.98 Å². The van der Waals surface area contributed by atoms with E-state index in [-0.39, 0.29) is 0 Å². The molecule has 0 saturated heterocycles. The molecule has 0 spiro atoms. The minimum absolute atomic E-state index is 1.05. The Kier molecular flexibility index (Phi) is 4.52. The molecule has 1 aromatic heterocycles. The Labute approximate surface area is 194 Å². The Bertz CT molecular complexity index is 1660. The van der Waals surface area contributed by atoms with E-state index in [1.54, 1.807) is 0 Å². The maximum atomic E-state index is 4.91. The molecule has 1 heterocycles. The van der Waals surface area contributed by atoms with E-state index in [4.69, 9.17) is 4.98 Å². The molecule has 6 rings (SSSR count). The zero-order chi connectivity index (χ0) is 22.5. The van der Waals surface area contributed by atoms with Crippen LogP contribution in [0.5, 0.6) is 0 Å². The Morgan fingerprint density at radius 3 is 2.06 bits per heavy atom. The lowest BCUT2D eigenvalue weighted by molar-refractivity contribution is 1.33. The monoisotopic (exact) mass is 423 g/mol. The highest BCUT2D eigenvalue weighted by Crippen LogP contribution is 2.42. The zero-order valence-electron chi connectivity index (χ0n) is 19.2. The van der Waals surface area contributed by atoms with E-state index in [1.165, 1.54) is 65.7 Å². The van der Waals surface area contributed by atoms with E-state index in [9.17, 15) is 0 Å². The summed E-state index contributed by atoms with van der Waals surface area (Å²) in [5.41, 5.74) is 8.53. The van der Waals surface area contributed by atoms with Crippen molar-refractivity contribution in [1.29, 1.82) is 0 Å². The van der Waals surface area contributed by atoms with Gasteiger partial charge in [0.25, 0.3) is 0 Å². The minimum Gasteiger partial charge on any atom is -0.256 e. The summed E-state index contributed by atoms with van der Waals surface area (Å²) in [5, 5.41) is 7.55. The third kappa shape index (κ3) is 3.29. The zero-order valence-corrected chi connectivity index (χ0v) is 19.2. The maximum absolute atomic E-state index is 4.91. The molecular formula is C32H25N. The van der Waals surface area contributed by atoms with Gasteiger partial charge in [0.1, 0.15) is 0 Å². The van der Waals surface area contributed by atoms with Crippen LogP contribution in [0.25, 0.3) is 54.7 Å². The summed E-state index contributed by atoms with van der Waals surface area (Å²) in [6, 6.07) is 33.3. The summed E-state index contributed by atoms with van der Waals surface area (Å²) < 4.78 is 0. The summed E-state index contributed by atoms with van der Waals surface area (Å²) in [6.45, 7) is 6.47. The van der Waals surface area contributed by atoms with Gasteiger partial charge in [-0.25, -0.2) is 0 Å². The van der Waals surface area contributed by atoms with E-state index in [2.05, 4.69) is 112 Å². The first kappa shape index (κ1) is 19.7. The molecule has 0 saturated carbocycles. The van der Waals surface area contributed by atoms with Crippen molar-refractivity contribution >= 4 is 32.3 Å². The van der Waals surface area contributed by atoms with Crippen LogP contribution in [-0.2, 0) is 0 Å². The lowest BCUT2D eigenvalue weighted by atomic mass is 9.88. The molecule has 5 aromatic carbocycles. The molecule has 0 aliphatic carbocycles. The average Bonchev–Trinajstić information content (AvgIpc) is 2.82. The summed E-state index contributed by atoms with van der Waals surface area (Å²) in [6.07, 6.45) is 1.94. The summed E-state index contributed by atoms with van der Waals surface area (Å²) >= 11 is 0. The van der Waals surface area contributed by atoms with Gasteiger partial charge in [-0.2, -0.15) is 0 Å². The van der Waals surface area contributed by atoms with Crippen molar-refractivity contribution in [3.05, 3.63) is 114 Å². The van der Waals surface area contributed by atoms with Crippen LogP contribution in [0.1, 0.15) is 16.7 Å². The second kappa shape index (κ2) is 7.56. The molecule has 33 heavy (non-hydrogen) atoms. The second-order valence-corrected chi connectivity index (χ2v) is 9.14. The largest absolute Gasteiger partial charge is 0.256 e. The molecule has 0 radical (unpaired) electrons. The van der Waals surface area contributed by atoms with Gasteiger partial charge >= 0.3 is 0 Å². The van der Waals surface area contributed by atoms with E-state index >= 15 is 0 Å². The van der Waals surface area contributed by atoms with Crippen molar-refractivity contribution in [3.8, 4) is 22.4 Å². The molecule has 0 aliphatic rings. The highest BCUT2D eigenvalue weighted by molar-refractivity contribution is 6.25. The van der Waals surface area contributed by atoms with Crippen LogP contribution in [0.4, 0.5) is 0 Å². The molecular weight excluding hydrogens is 398 g/mol. The van der Waals surface area contributed by atoms with Crippen LogP contribution in [0, 0.1) is 20.8 Å². The molecule has 1 nitrogen and oxygen atoms in total. The van der Waals surface area contributed by atoms with Gasteiger partial charge in [-0.05, 0) is 83.1 Å². The Balaban J connectivity index is 1.82. The summed E-state index contributed by atoms with van der Waals surface area (Å²) in [7, 11) is 0. The number of aryl methyl sites for hydroxylation is 3. The molecule has 0 fully saturated rings. The van der Waals surface area contributed by atoms with Gasteiger partial charge in [-0.1, -0.05) is 83.4 Å². The first-order valence-corrected chi connectivity index (χ1v) is 11.5. The summed E-state index contributed by atoms with van der Waals surface area (Å²) in [5.74, 6) is 0. The molecule has 0 atom stereocenters. The molecule has 158 valence electrons. The van der Waals surface area contributed by atoms with Crippen LogP contribution in [-0.4, -0.2) is 4.98 Å². The normalized spacial score (nSPS) is 11.5.